The second-order valence-electron chi connectivity index (χ2n) is 11.4. The molecular formula is C29H33F2N7O4. The van der Waals surface area contributed by atoms with Crippen LogP contribution in [0.3, 0.4) is 0 Å². The fraction of sp³-hybridized carbons (Fsp3) is 0.414. The molecule has 1 aliphatic carbocycles. The number of fused-ring (bicyclic) bond motifs is 1. The second kappa shape index (κ2) is 11.0. The highest BCUT2D eigenvalue weighted by molar-refractivity contribution is 6.02. The van der Waals surface area contributed by atoms with Gasteiger partial charge in [-0.3, -0.25) is 9.59 Å². The van der Waals surface area contributed by atoms with E-state index in [0.717, 1.165) is 4.90 Å². The van der Waals surface area contributed by atoms with Gasteiger partial charge in [0, 0.05) is 43.1 Å². The molecule has 3 amide bonds. The number of rotatable bonds is 5. The molecule has 2 aliphatic heterocycles. The Hall–Kier alpha value is -4.55. The number of hydrogen-bond acceptors (Lipinski definition) is 8. The zero-order chi connectivity index (χ0) is 30.2. The Morgan fingerprint density at radius 3 is 2.38 bits per heavy atom. The van der Waals surface area contributed by atoms with Crippen molar-refractivity contribution in [1.82, 2.24) is 20.2 Å². The minimum Gasteiger partial charge on any atom is -0.444 e. The Labute approximate surface area is 242 Å². The van der Waals surface area contributed by atoms with Crippen molar-refractivity contribution < 1.29 is 27.9 Å². The number of hydrogen-bond donors (Lipinski definition) is 2. The van der Waals surface area contributed by atoms with E-state index in [1.807, 2.05) is 20.8 Å². The number of ether oxygens (including phenoxy) is 1. The average molecular weight is 582 g/mol. The lowest BCUT2D eigenvalue weighted by Gasteiger charge is -2.33. The lowest BCUT2D eigenvalue weighted by Crippen LogP contribution is -2.47. The van der Waals surface area contributed by atoms with Gasteiger partial charge in [-0.05, 0) is 70.0 Å². The summed E-state index contributed by atoms with van der Waals surface area (Å²) in [6.07, 6.45) is 7.27. The van der Waals surface area contributed by atoms with E-state index in [1.54, 1.807) is 47.4 Å². The van der Waals surface area contributed by atoms with Gasteiger partial charge in [-0.15, -0.1) is 0 Å². The second-order valence-corrected chi connectivity index (χ2v) is 11.4. The first-order chi connectivity index (χ1) is 19.8. The molecule has 3 aliphatic rings. The number of anilines is 4. The molecule has 2 N–H and O–H groups in total. The topological polar surface area (TPSA) is 120 Å². The Morgan fingerprint density at radius 1 is 1.12 bits per heavy atom. The minimum atomic E-state index is -3.61. The van der Waals surface area contributed by atoms with Crippen LogP contribution in [-0.4, -0.2) is 77.0 Å². The van der Waals surface area contributed by atoms with E-state index in [-0.39, 0.29) is 35.5 Å². The molecule has 42 heavy (non-hydrogen) atoms. The van der Waals surface area contributed by atoms with Crippen LogP contribution in [0.25, 0.3) is 0 Å². The van der Waals surface area contributed by atoms with E-state index in [1.165, 1.54) is 18.1 Å². The van der Waals surface area contributed by atoms with Crippen molar-refractivity contribution in [3.05, 3.63) is 60.0 Å². The summed E-state index contributed by atoms with van der Waals surface area (Å²) in [6.45, 7) is 5.62. The third kappa shape index (κ3) is 6.19. The van der Waals surface area contributed by atoms with Gasteiger partial charge in [0.25, 0.3) is 11.8 Å². The van der Waals surface area contributed by atoms with Crippen LogP contribution in [-0.2, 0) is 9.53 Å². The summed E-state index contributed by atoms with van der Waals surface area (Å²) in [6, 6.07) is 6.62. The van der Waals surface area contributed by atoms with Crippen molar-refractivity contribution >= 4 is 41.0 Å². The predicted octanol–water partition coefficient (Wildman–Crippen LogP) is 4.22. The van der Waals surface area contributed by atoms with E-state index in [2.05, 4.69) is 20.6 Å². The van der Waals surface area contributed by atoms with Gasteiger partial charge >= 0.3 is 12.0 Å². The van der Waals surface area contributed by atoms with Crippen LogP contribution >= 0.6 is 0 Å². The zero-order valence-corrected chi connectivity index (χ0v) is 23.9. The molecule has 222 valence electrons. The number of piperidine rings is 1. The van der Waals surface area contributed by atoms with Crippen LogP contribution in [0, 0.1) is 0 Å². The summed E-state index contributed by atoms with van der Waals surface area (Å²) in [7, 11) is 1.27. The normalized spacial score (nSPS) is 18.5. The van der Waals surface area contributed by atoms with E-state index >= 15 is 0 Å². The number of nitrogens with zero attached hydrogens (tertiary/aromatic N) is 5. The maximum Gasteiger partial charge on any atom is 0.410 e. The van der Waals surface area contributed by atoms with Crippen LogP contribution < -0.4 is 20.4 Å². The number of halogens is 2. The van der Waals surface area contributed by atoms with Gasteiger partial charge in [0.05, 0.1) is 12.7 Å². The van der Waals surface area contributed by atoms with Crippen LogP contribution in [0.2, 0.25) is 0 Å². The Balaban J connectivity index is 1.22. The molecule has 1 fully saturated rings. The van der Waals surface area contributed by atoms with E-state index < -0.39 is 24.0 Å². The largest absolute Gasteiger partial charge is 0.444 e. The fourth-order valence-electron chi connectivity index (χ4n) is 4.77. The van der Waals surface area contributed by atoms with E-state index in [9.17, 15) is 23.2 Å². The van der Waals surface area contributed by atoms with E-state index in [0.29, 0.717) is 42.9 Å². The standard InChI is InChI=1S/C29H33F2N7O4/c1-28(2,3)42-27(41)37-14-12-20(13-15-37)33-24(39)18-8-10-19(11-9-18)34-26-32-16-22-23(35-26)38(21-6-5-7-21)17-29(30,31)25(40)36(22)4/h5-11,16,20H,12-15,17H2,1-4H3,(H,33,39)(H,32,34,35). The van der Waals surface area contributed by atoms with Gasteiger partial charge in [-0.1, -0.05) is 6.08 Å². The van der Waals surface area contributed by atoms with Crippen molar-refractivity contribution in [2.45, 2.75) is 51.2 Å². The van der Waals surface area contributed by atoms with Gasteiger partial charge < -0.3 is 30.1 Å². The summed E-state index contributed by atoms with van der Waals surface area (Å²) >= 11 is 0. The zero-order valence-electron chi connectivity index (χ0n) is 23.9. The molecule has 5 rings (SSSR count). The highest BCUT2D eigenvalue weighted by atomic mass is 19.3. The van der Waals surface area contributed by atoms with Crippen molar-refractivity contribution in [1.29, 1.82) is 0 Å². The number of amides is 3. The Kier molecular flexibility index (Phi) is 7.60. The fourth-order valence-corrected chi connectivity index (χ4v) is 4.77. The van der Waals surface area contributed by atoms with E-state index in [4.69, 9.17) is 4.74 Å². The molecule has 13 heteroatoms. The molecule has 0 atom stereocenters. The van der Waals surface area contributed by atoms with Crippen molar-refractivity contribution in [3.63, 3.8) is 0 Å². The molecule has 0 radical (unpaired) electrons. The van der Waals surface area contributed by atoms with Gasteiger partial charge in [0.2, 0.25) is 5.95 Å². The molecule has 2 aromatic rings. The maximum absolute atomic E-state index is 14.6. The number of aromatic nitrogens is 2. The summed E-state index contributed by atoms with van der Waals surface area (Å²) in [5, 5.41) is 6.06. The minimum absolute atomic E-state index is 0.0667. The Bertz CT molecular complexity index is 1440. The molecule has 11 nitrogen and oxygen atoms in total. The van der Waals surface area contributed by atoms with Gasteiger partial charge in [-0.25, -0.2) is 9.78 Å². The number of carbonyl (C=O) groups excluding carboxylic acids is 3. The molecule has 1 aromatic carbocycles. The quantitative estimate of drug-likeness (QED) is 0.539. The summed E-state index contributed by atoms with van der Waals surface area (Å²) in [5.41, 5.74) is 1.14. The first kappa shape index (κ1) is 29.0. The maximum atomic E-state index is 14.6. The first-order valence-corrected chi connectivity index (χ1v) is 13.7. The number of benzene rings is 1. The van der Waals surface area contributed by atoms with Gasteiger partial charge in [0.15, 0.2) is 5.82 Å². The lowest BCUT2D eigenvalue weighted by atomic mass is 10.0. The number of alkyl halides is 2. The molecule has 0 unspecified atom stereocenters. The third-order valence-electron chi connectivity index (χ3n) is 7.07. The number of likely N-dealkylation sites (tertiary alicyclic amines) is 1. The molecule has 1 saturated heterocycles. The van der Waals surface area contributed by atoms with Crippen molar-refractivity contribution in [2.24, 2.45) is 0 Å². The van der Waals surface area contributed by atoms with Crippen LogP contribution in [0.5, 0.6) is 0 Å². The molecule has 3 heterocycles. The molecule has 1 aromatic heterocycles. The average Bonchev–Trinajstić information content (AvgIpc) is 2.96. The first-order valence-electron chi connectivity index (χ1n) is 13.7. The van der Waals surface area contributed by atoms with Gasteiger partial charge in [-0.2, -0.15) is 13.8 Å². The highest BCUT2D eigenvalue weighted by Crippen LogP contribution is 2.38. The third-order valence-corrected chi connectivity index (χ3v) is 7.07. The number of allylic oxidation sites excluding steroid dienone is 3. The molecule has 0 saturated carbocycles. The summed E-state index contributed by atoms with van der Waals surface area (Å²) in [4.78, 5) is 50.0. The van der Waals surface area contributed by atoms with Crippen LogP contribution in [0.1, 0.15) is 44.0 Å². The van der Waals surface area contributed by atoms with Crippen molar-refractivity contribution in [3.8, 4) is 0 Å². The molecular weight excluding hydrogens is 548 g/mol. The molecule has 0 spiro atoms. The molecule has 0 bridgehead atoms. The smallest absolute Gasteiger partial charge is 0.410 e. The number of nitrogens with one attached hydrogen (secondary N) is 2. The highest BCUT2D eigenvalue weighted by Gasteiger charge is 2.48. The van der Waals surface area contributed by atoms with Crippen molar-refractivity contribution in [2.75, 3.05) is 41.8 Å². The SMILES string of the molecule is CN1C(=O)C(F)(F)CN(C2=CC=C2)c2nc(Nc3ccc(C(=O)NC4CCN(C(=O)OC(C)(C)C)CC4)cc3)ncc21. The summed E-state index contributed by atoms with van der Waals surface area (Å²) < 4.78 is 34.7. The Morgan fingerprint density at radius 2 is 1.79 bits per heavy atom. The number of carbonyl (C=O) groups is 3. The lowest BCUT2D eigenvalue weighted by molar-refractivity contribution is -0.140. The predicted molar refractivity (Wildman–Crippen MR) is 153 cm³/mol. The van der Waals surface area contributed by atoms with Crippen LogP contribution in [0.15, 0.2) is 54.4 Å². The summed E-state index contributed by atoms with van der Waals surface area (Å²) in [5.74, 6) is -4.86. The monoisotopic (exact) mass is 581 g/mol. The van der Waals surface area contributed by atoms with Crippen LogP contribution in [0.4, 0.5) is 36.7 Å². The van der Waals surface area contributed by atoms with Gasteiger partial charge in [0.1, 0.15) is 11.3 Å².